The van der Waals surface area contributed by atoms with Gasteiger partial charge in [-0.15, -0.1) is 0 Å². The second-order valence-corrected chi connectivity index (χ2v) is 12.5. The van der Waals surface area contributed by atoms with Crippen molar-refractivity contribution in [2.24, 2.45) is 5.92 Å². The highest BCUT2D eigenvalue weighted by Crippen LogP contribution is 2.26. The van der Waals surface area contributed by atoms with Gasteiger partial charge in [-0.3, -0.25) is 4.79 Å². The van der Waals surface area contributed by atoms with Crippen LogP contribution in [0.3, 0.4) is 0 Å². The van der Waals surface area contributed by atoms with E-state index in [0.717, 1.165) is 49.9 Å². The van der Waals surface area contributed by atoms with E-state index in [0.29, 0.717) is 13.1 Å². The van der Waals surface area contributed by atoms with Gasteiger partial charge in [-0.05, 0) is 60.7 Å². The molecule has 0 aliphatic heterocycles. The first-order chi connectivity index (χ1) is 18.2. The number of hydrogen-bond donors (Lipinski definition) is 0. The fourth-order valence-corrected chi connectivity index (χ4v) is 6.72. The average Bonchev–Trinajstić information content (AvgIpc) is 3.34. The molecule has 8 heteroatoms. The molecule has 3 aromatic rings. The average molecular weight is 540 g/mol. The van der Waals surface area contributed by atoms with Crippen LogP contribution >= 0.6 is 0 Å². The number of benzene rings is 2. The molecule has 6 nitrogen and oxygen atoms in total. The number of rotatable bonds is 11. The van der Waals surface area contributed by atoms with Crippen molar-refractivity contribution in [3.8, 4) is 0 Å². The first-order valence-electron chi connectivity index (χ1n) is 13.5. The number of amides is 1. The largest absolute Gasteiger partial charge is 0.345 e. The molecule has 1 amide bonds. The van der Waals surface area contributed by atoms with E-state index in [9.17, 15) is 17.6 Å². The lowest BCUT2D eigenvalue weighted by Crippen LogP contribution is -2.48. The predicted molar refractivity (Wildman–Crippen MR) is 147 cm³/mol. The van der Waals surface area contributed by atoms with Crippen LogP contribution in [0.25, 0.3) is 0 Å². The van der Waals surface area contributed by atoms with E-state index in [4.69, 9.17) is 0 Å². The molecule has 0 spiro atoms. The van der Waals surface area contributed by atoms with Crippen LogP contribution in [0, 0.1) is 11.7 Å². The molecule has 1 aromatic heterocycles. The van der Waals surface area contributed by atoms with Gasteiger partial charge < -0.3 is 9.47 Å². The minimum atomic E-state index is -3.97. The Labute approximate surface area is 226 Å². The molecule has 204 valence electrons. The maximum atomic E-state index is 13.9. The van der Waals surface area contributed by atoms with Crippen LogP contribution in [0.2, 0.25) is 0 Å². The molecule has 0 unspecified atom stereocenters. The Morgan fingerprint density at radius 3 is 2.32 bits per heavy atom. The highest BCUT2D eigenvalue weighted by molar-refractivity contribution is 7.89. The van der Waals surface area contributed by atoms with Gasteiger partial charge in [0.25, 0.3) is 0 Å². The number of halogens is 1. The topological polar surface area (TPSA) is 62.6 Å². The van der Waals surface area contributed by atoms with Crippen molar-refractivity contribution in [1.82, 2.24) is 13.8 Å². The van der Waals surface area contributed by atoms with Gasteiger partial charge in [0.05, 0.1) is 18.0 Å². The fraction of sp³-hybridized carbons (Fsp3) is 0.433. The van der Waals surface area contributed by atoms with E-state index in [2.05, 4.69) is 16.7 Å². The third-order valence-corrected chi connectivity index (χ3v) is 8.95. The summed E-state index contributed by atoms with van der Waals surface area (Å²) < 4.78 is 43.9. The first kappa shape index (κ1) is 28.0. The van der Waals surface area contributed by atoms with Gasteiger partial charge in [0.2, 0.25) is 15.9 Å². The minimum absolute atomic E-state index is 0.00620. The molecular weight excluding hydrogens is 501 g/mol. The van der Waals surface area contributed by atoms with Gasteiger partial charge in [0.1, 0.15) is 5.82 Å². The Balaban J connectivity index is 1.59. The smallest absolute Gasteiger partial charge is 0.243 e. The monoisotopic (exact) mass is 539 g/mol. The quantitative estimate of drug-likeness (QED) is 0.315. The van der Waals surface area contributed by atoms with Gasteiger partial charge in [0.15, 0.2) is 0 Å². The Bertz CT molecular complexity index is 1280. The molecule has 1 saturated carbocycles. The molecule has 0 atom stereocenters. The summed E-state index contributed by atoms with van der Waals surface area (Å²) in [5, 5.41) is 0. The lowest BCUT2D eigenvalue weighted by molar-refractivity contribution is -0.135. The molecule has 1 aliphatic rings. The summed E-state index contributed by atoms with van der Waals surface area (Å²) in [6.45, 7) is 4.94. The van der Waals surface area contributed by atoms with Crippen molar-refractivity contribution in [3.05, 3.63) is 90.0 Å². The lowest BCUT2D eigenvalue weighted by atomic mass is 9.94. The highest BCUT2D eigenvalue weighted by atomic mass is 32.2. The summed E-state index contributed by atoms with van der Waals surface area (Å²) in [6, 6.07) is 19.1. The molecular formula is C30H38FN3O3S. The van der Waals surface area contributed by atoms with Crippen LogP contribution in [0.1, 0.15) is 57.2 Å². The standard InChI is InChI=1S/C30H38FN3O3S/c1-24(2)20-33(38(36,37)29-17-15-26(31)16-18-29)23-30(35)34(27-12-7-4-8-13-27)22-28-14-9-19-32(28)21-25-10-5-3-6-11-25/h3,5-6,9-11,14-19,24,27H,4,7-8,12-13,20-23H2,1-2H3. The van der Waals surface area contributed by atoms with Gasteiger partial charge in [-0.2, -0.15) is 4.31 Å². The second-order valence-electron chi connectivity index (χ2n) is 10.6. The summed E-state index contributed by atoms with van der Waals surface area (Å²) >= 11 is 0. The summed E-state index contributed by atoms with van der Waals surface area (Å²) in [5.41, 5.74) is 2.19. The molecule has 0 N–H and O–H groups in total. The zero-order valence-corrected chi connectivity index (χ0v) is 23.1. The van der Waals surface area contributed by atoms with Crippen LogP contribution in [-0.4, -0.2) is 47.2 Å². The number of sulfonamides is 1. The molecule has 1 aliphatic carbocycles. The zero-order valence-electron chi connectivity index (χ0n) is 22.3. The third-order valence-electron chi connectivity index (χ3n) is 7.12. The Morgan fingerprint density at radius 1 is 0.974 bits per heavy atom. The summed E-state index contributed by atoms with van der Waals surface area (Å²) in [7, 11) is -3.97. The van der Waals surface area contributed by atoms with E-state index >= 15 is 0 Å². The second kappa shape index (κ2) is 12.7. The first-order valence-corrected chi connectivity index (χ1v) is 14.9. The number of carbonyl (C=O) groups excluding carboxylic acids is 1. The normalized spacial score (nSPS) is 14.8. The van der Waals surface area contributed by atoms with Crippen molar-refractivity contribution in [1.29, 1.82) is 0 Å². The Kier molecular flexibility index (Phi) is 9.39. The van der Waals surface area contributed by atoms with Crippen LogP contribution < -0.4 is 0 Å². The maximum Gasteiger partial charge on any atom is 0.243 e. The maximum absolute atomic E-state index is 13.9. The molecule has 0 bridgehead atoms. The zero-order chi connectivity index (χ0) is 27.1. The SMILES string of the molecule is CC(C)CN(CC(=O)N(Cc1cccn1Cc1ccccc1)C1CCCCC1)S(=O)(=O)c1ccc(F)cc1. The molecule has 38 heavy (non-hydrogen) atoms. The number of hydrogen-bond acceptors (Lipinski definition) is 3. The van der Waals surface area contributed by atoms with Crippen LogP contribution in [-0.2, 0) is 27.9 Å². The Hall–Kier alpha value is -2.97. The van der Waals surface area contributed by atoms with E-state index in [1.165, 1.54) is 22.0 Å². The van der Waals surface area contributed by atoms with Crippen LogP contribution in [0.5, 0.6) is 0 Å². The number of nitrogens with zero attached hydrogens (tertiary/aromatic N) is 3. The van der Waals surface area contributed by atoms with E-state index in [1.807, 2.05) is 55.3 Å². The molecule has 1 heterocycles. The van der Waals surface area contributed by atoms with Gasteiger partial charge >= 0.3 is 0 Å². The third kappa shape index (κ3) is 7.11. The molecule has 4 rings (SSSR count). The van der Waals surface area contributed by atoms with Crippen molar-refractivity contribution >= 4 is 15.9 Å². The minimum Gasteiger partial charge on any atom is -0.345 e. The van der Waals surface area contributed by atoms with Crippen LogP contribution in [0.4, 0.5) is 4.39 Å². The molecule has 1 fully saturated rings. The van der Waals surface area contributed by atoms with Crippen molar-refractivity contribution in [2.45, 2.75) is 70.0 Å². The van der Waals surface area contributed by atoms with Gasteiger partial charge in [-0.25, -0.2) is 12.8 Å². The summed E-state index contributed by atoms with van der Waals surface area (Å²) in [5.74, 6) is -0.683. The van der Waals surface area contributed by atoms with Gasteiger partial charge in [-0.1, -0.05) is 63.4 Å². The fourth-order valence-electron chi connectivity index (χ4n) is 5.17. The summed E-state index contributed by atoms with van der Waals surface area (Å²) in [6.07, 6.45) is 7.13. The van der Waals surface area contributed by atoms with Crippen molar-refractivity contribution < 1.29 is 17.6 Å². The highest BCUT2D eigenvalue weighted by Gasteiger charge is 2.32. The lowest BCUT2D eigenvalue weighted by Gasteiger charge is -2.36. The Morgan fingerprint density at radius 2 is 1.66 bits per heavy atom. The van der Waals surface area contributed by atoms with E-state index in [1.54, 1.807) is 0 Å². The van der Waals surface area contributed by atoms with Crippen molar-refractivity contribution in [2.75, 3.05) is 13.1 Å². The van der Waals surface area contributed by atoms with E-state index < -0.39 is 15.8 Å². The number of aromatic nitrogens is 1. The van der Waals surface area contributed by atoms with Crippen molar-refractivity contribution in [3.63, 3.8) is 0 Å². The molecule has 2 aromatic carbocycles. The van der Waals surface area contributed by atoms with Crippen LogP contribution in [0.15, 0.2) is 77.8 Å². The summed E-state index contributed by atoms with van der Waals surface area (Å²) in [4.78, 5) is 15.8. The number of carbonyl (C=O) groups is 1. The molecule has 0 radical (unpaired) electrons. The predicted octanol–water partition coefficient (Wildman–Crippen LogP) is 5.68. The van der Waals surface area contributed by atoms with Gasteiger partial charge in [0, 0.05) is 31.0 Å². The van der Waals surface area contributed by atoms with E-state index in [-0.39, 0.29) is 35.9 Å². The molecule has 0 saturated heterocycles.